The highest BCUT2D eigenvalue weighted by atomic mass is 16.4. The first-order chi connectivity index (χ1) is 9.41. The zero-order valence-corrected chi connectivity index (χ0v) is 11.6. The second kappa shape index (κ2) is 7.49. The predicted molar refractivity (Wildman–Crippen MR) is 74.4 cm³/mol. The number of aliphatic hydroxyl groups excluding tert-OH is 1. The number of likely N-dealkylation sites (N-methyl/N-ethyl adjacent to an activating group) is 1. The van der Waals surface area contributed by atoms with Crippen LogP contribution in [0.2, 0.25) is 0 Å². The lowest BCUT2D eigenvalue weighted by Gasteiger charge is -2.22. The molecule has 0 aromatic heterocycles. The number of rotatable bonds is 6. The molecule has 0 aliphatic heterocycles. The molecule has 0 saturated carbocycles. The van der Waals surface area contributed by atoms with E-state index in [0.717, 1.165) is 5.56 Å². The molecular formula is C14H20N2O4. The van der Waals surface area contributed by atoms with Crippen LogP contribution >= 0.6 is 0 Å². The minimum atomic E-state index is -1.30. The zero-order valence-electron chi connectivity index (χ0n) is 11.6. The lowest BCUT2D eigenvalue weighted by atomic mass is 10.1. The van der Waals surface area contributed by atoms with Gasteiger partial charge in [0.15, 0.2) is 6.04 Å². The van der Waals surface area contributed by atoms with Crippen molar-refractivity contribution in [2.75, 3.05) is 13.6 Å². The first kappa shape index (κ1) is 16.0. The van der Waals surface area contributed by atoms with Gasteiger partial charge in [-0.25, -0.2) is 9.59 Å². The summed E-state index contributed by atoms with van der Waals surface area (Å²) in [6, 6.07) is 7.85. The second-order valence-corrected chi connectivity index (χ2v) is 4.66. The number of carboxylic acids is 1. The first-order valence-electron chi connectivity index (χ1n) is 6.38. The molecule has 1 rings (SSSR count). The van der Waals surface area contributed by atoms with Gasteiger partial charge in [0.2, 0.25) is 0 Å². The molecule has 110 valence electrons. The second-order valence-electron chi connectivity index (χ2n) is 4.66. The van der Waals surface area contributed by atoms with Crippen molar-refractivity contribution in [3.05, 3.63) is 35.9 Å². The molecule has 6 nitrogen and oxygen atoms in total. The van der Waals surface area contributed by atoms with Crippen LogP contribution < -0.4 is 5.32 Å². The molecule has 1 aromatic rings. The van der Waals surface area contributed by atoms with E-state index in [9.17, 15) is 14.7 Å². The van der Waals surface area contributed by atoms with Crippen LogP contribution in [0.15, 0.2) is 30.3 Å². The Morgan fingerprint density at radius 2 is 1.90 bits per heavy atom. The Morgan fingerprint density at radius 3 is 2.40 bits per heavy atom. The lowest BCUT2D eigenvalue weighted by molar-refractivity contribution is -0.141. The number of benzene rings is 1. The van der Waals surface area contributed by atoms with Crippen LogP contribution in [0.5, 0.6) is 0 Å². The van der Waals surface area contributed by atoms with E-state index in [0.29, 0.717) is 13.0 Å². The summed E-state index contributed by atoms with van der Waals surface area (Å²) >= 11 is 0. The third kappa shape index (κ3) is 4.89. The fourth-order valence-electron chi connectivity index (χ4n) is 1.67. The predicted octanol–water partition coefficient (Wildman–Crippen LogP) is 0.704. The molecular weight excluding hydrogens is 260 g/mol. The quantitative estimate of drug-likeness (QED) is 0.715. The van der Waals surface area contributed by atoms with Gasteiger partial charge in [-0.15, -0.1) is 0 Å². The minimum absolute atomic E-state index is 0.460. The van der Waals surface area contributed by atoms with Crippen molar-refractivity contribution in [3.8, 4) is 0 Å². The standard InChI is InChI=1S/C14H20N2O4/c1-10(17)12(13(18)19)15-14(20)16(2)9-8-11-6-4-3-5-7-11/h3-7,10,12,17H,8-9H2,1-2H3,(H,15,20)(H,18,19)/t10-,12+/m1/s1. The molecule has 2 atom stereocenters. The molecule has 20 heavy (non-hydrogen) atoms. The summed E-state index contributed by atoms with van der Waals surface area (Å²) in [6.07, 6.45) is -0.476. The average molecular weight is 280 g/mol. The number of aliphatic carboxylic acids is 1. The number of nitrogens with zero attached hydrogens (tertiary/aromatic N) is 1. The maximum atomic E-state index is 11.8. The van der Waals surface area contributed by atoms with Gasteiger partial charge in [0.25, 0.3) is 0 Å². The van der Waals surface area contributed by atoms with Crippen molar-refractivity contribution in [1.82, 2.24) is 10.2 Å². The normalized spacial score (nSPS) is 13.3. The summed E-state index contributed by atoms with van der Waals surface area (Å²) in [7, 11) is 1.58. The van der Waals surface area contributed by atoms with E-state index in [1.807, 2.05) is 30.3 Å². The topological polar surface area (TPSA) is 89.9 Å². The number of hydrogen-bond acceptors (Lipinski definition) is 3. The molecule has 6 heteroatoms. The van der Waals surface area contributed by atoms with Crippen LogP contribution in [0.25, 0.3) is 0 Å². The van der Waals surface area contributed by atoms with Gasteiger partial charge in [-0.05, 0) is 18.9 Å². The number of carbonyl (C=O) groups is 2. The van der Waals surface area contributed by atoms with Gasteiger partial charge in [0.05, 0.1) is 6.10 Å². The highest BCUT2D eigenvalue weighted by Crippen LogP contribution is 2.01. The van der Waals surface area contributed by atoms with E-state index in [4.69, 9.17) is 5.11 Å². The van der Waals surface area contributed by atoms with Gasteiger partial charge in [-0.1, -0.05) is 30.3 Å². The first-order valence-corrected chi connectivity index (χ1v) is 6.38. The molecule has 0 saturated heterocycles. The molecule has 0 radical (unpaired) electrons. The van der Waals surface area contributed by atoms with Crippen LogP contribution in [-0.4, -0.2) is 52.9 Å². The number of urea groups is 1. The molecule has 0 spiro atoms. The Balaban J connectivity index is 2.48. The SMILES string of the molecule is C[C@@H](O)[C@H](NC(=O)N(C)CCc1ccccc1)C(=O)O. The summed E-state index contributed by atoms with van der Waals surface area (Å²) in [6.45, 7) is 1.78. The highest BCUT2D eigenvalue weighted by molar-refractivity contribution is 5.82. The van der Waals surface area contributed by atoms with E-state index in [1.54, 1.807) is 7.05 Å². The molecule has 0 heterocycles. The Kier molecular flexibility index (Phi) is 5.99. The van der Waals surface area contributed by atoms with Crippen LogP contribution in [0.1, 0.15) is 12.5 Å². The minimum Gasteiger partial charge on any atom is -0.480 e. The van der Waals surface area contributed by atoms with Crippen LogP contribution in [0.4, 0.5) is 4.79 Å². The van der Waals surface area contributed by atoms with Crippen molar-refractivity contribution < 1.29 is 19.8 Å². The number of nitrogens with one attached hydrogen (secondary N) is 1. The van der Waals surface area contributed by atoms with E-state index in [1.165, 1.54) is 11.8 Å². The Labute approximate surface area is 118 Å². The summed E-state index contributed by atoms with van der Waals surface area (Å²) in [4.78, 5) is 24.1. The number of hydrogen-bond donors (Lipinski definition) is 3. The maximum absolute atomic E-state index is 11.8. The van der Waals surface area contributed by atoms with Gasteiger partial charge in [-0.3, -0.25) is 0 Å². The molecule has 1 aromatic carbocycles. The van der Waals surface area contributed by atoms with Gasteiger partial charge < -0.3 is 20.4 Å². The zero-order chi connectivity index (χ0) is 15.1. The van der Waals surface area contributed by atoms with Gasteiger partial charge in [0.1, 0.15) is 0 Å². The smallest absolute Gasteiger partial charge is 0.328 e. The third-order valence-electron chi connectivity index (χ3n) is 2.95. The molecule has 3 N–H and O–H groups in total. The van der Waals surface area contributed by atoms with Crippen LogP contribution in [0, 0.1) is 0 Å². The fraction of sp³-hybridized carbons (Fsp3) is 0.429. The van der Waals surface area contributed by atoms with Crippen molar-refractivity contribution >= 4 is 12.0 Å². The van der Waals surface area contributed by atoms with Crippen molar-refractivity contribution in [2.45, 2.75) is 25.5 Å². The third-order valence-corrected chi connectivity index (χ3v) is 2.95. The summed E-state index contributed by atoms with van der Waals surface area (Å²) in [5, 5.41) is 20.5. The van der Waals surface area contributed by atoms with Crippen LogP contribution in [-0.2, 0) is 11.2 Å². The Morgan fingerprint density at radius 1 is 1.30 bits per heavy atom. The summed E-state index contributed by atoms with van der Waals surface area (Å²) < 4.78 is 0. The Hall–Kier alpha value is -2.08. The number of amides is 2. The molecule has 2 amide bonds. The van der Waals surface area contributed by atoms with Crippen molar-refractivity contribution in [2.24, 2.45) is 0 Å². The highest BCUT2D eigenvalue weighted by Gasteiger charge is 2.26. The van der Waals surface area contributed by atoms with Crippen LogP contribution in [0.3, 0.4) is 0 Å². The largest absolute Gasteiger partial charge is 0.480 e. The van der Waals surface area contributed by atoms with E-state index >= 15 is 0 Å². The molecule has 0 bridgehead atoms. The monoisotopic (exact) mass is 280 g/mol. The van der Waals surface area contributed by atoms with E-state index < -0.39 is 24.1 Å². The van der Waals surface area contributed by atoms with E-state index in [2.05, 4.69) is 5.32 Å². The van der Waals surface area contributed by atoms with E-state index in [-0.39, 0.29) is 0 Å². The van der Waals surface area contributed by atoms with Crippen molar-refractivity contribution in [3.63, 3.8) is 0 Å². The van der Waals surface area contributed by atoms with Gasteiger partial charge in [-0.2, -0.15) is 0 Å². The maximum Gasteiger partial charge on any atom is 0.328 e. The summed E-state index contributed by atoms with van der Waals surface area (Å²) in [5.41, 5.74) is 1.09. The number of aliphatic hydroxyl groups is 1. The summed E-state index contributed by atoms with van der Waals surface area (Å²) in [5.74, 6) is -1.26. The van der Waals surface area contributed by atoms with Gasteiger partial charge in [0, 0.05) is 13.6 Å². The molecule has 0 fully saturated rings. The number of carboxylic acid groups (broad SMARTS) is 1. The molecule has 0 aliphatic rings. The lowest BCUT2D eigenvalue weighted by Crippen LogP contribution is -2.51. The average Bonchev–Trinajstić information content (AvgIpc) is 2.42. The van der Waals surface area contributed by atoms with Gasteiger partial charge >= 0.3 is 12.0 Å². The Bertz CT molecular complexity index is 448. The number of carbonyl (C=O) groups excluding carboxylic acids is 1. The van der Waals surface area contributed by atoms with Crippen molar-refractivity contribution in [1.29, 1.82) is 0 Å². The molecule has 0 unspecified atom stereocenters. The molecule has 0 aliphatic carbocycles. The fourth-order valence-corrected chi connectivity index (χ4v) is 1.67.